The van der Waals surface area contributed by atoms with Gasteiger partial charge in [0.2, 0.25) is 5.91 Å². The van der Waals surface area contributed by atoms with Crippen LogP contribution in [0.1, 0.15) is 18.3 Å². The lowest BCUT2D eigenvalue weighted by Gasteiger charge is -2.11. The largest absolute Gasteiger partial charge is 0.318 e. The van der Waals surface area contributed by atoms with Crippen LogP contribution in [0.4, 0.5) is 0 Å². The van der Waals surface area contributed by atoms with E-state index in [1.54, 1.807) is 0 Å². The van der Waals surface area contributed by atoms with E-state index >= 15 is 0 Å². The van der Waals surface area contributed by atoms with Gasteiger partial charge in [-0.15, -0.1) is 11.8 Å². The van der Waals surface area contributed by atoms with E-state index in [-0.39, 0.29) is 24.1 Å². The van der Waals surface area contributed by atoms with E-state index in [1.165, 1.54) is 11.8 Å². The summed E-state index contributed by atoms with van der Waals surface area (Å²) in [6.07, 6.45) is 0.720. The second kappa shape index (κ2) is 9.25. The molecule has 0 atom stereocenters. The van der Waals surface area contributed by atoms with Crippen molar-refractivity contribution in [2.75, 3.05) is 5.75 Å². The highest BCUT2D eigenvalue weighted by atomic mass is 79.9. The number of thioether (sulfide) groups is 1. The molecule has 8 heteroatoms. The van der Waals surface area contributed by atoms with Crippen molar-refractivity contribution >= 4 is 50.5 Å². The normalized spacial score (nSPS) is 10.8. The standard InChI is InChI=1S/C20H21BrN4O2S/c1-3-18-22-15-6-4-5-7-16(15)25(18)11-19(26)23-24-20(27)12-28-17-9-8-14(21)10-13(17)2/h4-10H,3,11-12H2,1-2H3,(H,23,26)(H,24,27). The van der Waals surface area contributed by atoms with Crippen LogP contribution in [0, 0.1) is 6.92 Å². The number of hydrogen-bond donors (Lipinski definition) is 2. The van der Waals surface area contributed by atoms with E-state index in [1.807, 2.05) is 60.9 Å². The Morgan fingerprint density at radius 2 is 1.89 bits per heavy atom. The second-order valence-electron chi connectivity index (χ2n) is 6.25. The van der Waals surface area contributed by atoms with E-state index in [0.29, 0.717) is 0 Å². The molecule has 0 unspecified atom stereocenters. The number of imidazole rings is 1. The zero-order chi connectivity index (χ0) is 20.1. The van der Waals surface area contributed by atoms with Gasteiger partial charge in [0.05, 0.1) is 16.8 Å². The highest BCUT2D eigenvalue weighted by molar-refractivity contribution is 9.10. The minimum atomic E-state index is -0.295. The first-order valence-corrected chi connectivity index (χ1v) is 10.7. The SMILES string of the molecule is CCc1nc2ccccc2n1CC(=O)NNC(=O)CSc1ccc(Br)cc1C. The monoisotopic (exact) mass is 460 g/mol. The number of nitrogens with zero attached hydrogens (tertiary/aromatic N) is 2. The van der Waals surface area contributed by atoms with Gasteiger partial charge in [-0.2, -0.15) is 0 Å². The predicted molar refractivity (Wildman–Crippen MR) is 115 cm³/mol. The molecule has 1 aromatic heterocycles. The van der Waals surface area contributed by atoms with Crippen LogP contribution in [0.15, 0.2) is 51.8 Å². The van der Waals surface area contributed by atoms with Crippen LogP contribution >= 0.6 is 27.7 Å². The number of nitrogens with one attached hydrogen (secondary N) is 2. The molecule has 146 valence electrons. The molecular weight excluding hydrogens is 440 g/mol. The summed E-state index contributed by atoms with van der Waals surface area (Å²) in [5.74, 6) is 0.503. The smallest absolute Gasteiger partial charge is 0.258 e. The molecule has 0 saturated heterocycles. The summed E-state index contributed by atoms with van der Waals surface area (Å²) in [5, 5.41) is 0. The third kappa shape index (κ3) is 4.94. The molecule has 0 aliphatic carbocycles. The summed E-state index contributed by atoms with van der Waals surface area (Å²) < 4.78 is 2.88. The summed E-state index contributed by atoms with van der Waals surface area (Å²) in [6.45, 7) is 4.09. The molecule has 1 heterocycles. The highest BCUT2D eigenvalue weighted by Gasteiger charge is 2.13. The average molecular weight is 461 g/mol. The van der Waals surface area contributed by atoms with Crippen molar-refractivity contribution in [2.45, 2.75) is 31.7 Å². The van der Waals surface area contributed by atoms with Crippen molar-refractivity contribution in [1.29, 1.82) is 0 Å². The minimum Gasteiger partial charge on any atom is -0.318 e. The van der Waals surface area contributed by atoms with Crippen LogP contribution < -0.4 is 10.9 Å². The number of carbonyl (C=O) groups excluding carboxylic acids is 2. The number of fused-ring (bicyclic) bond motifs is 1. The van der Waals surface area contributed by atoms with Crippen molar-refractivity contribution in [1.82, 2.24) is 20.4 Å². The molecule has 0 saturated carbocycles. The maximum Gasteiger partial charge on any atom is 0.258 e. The predicted octanol–water partition coefficient (Wildman–Crippen LogP) is 3.61. The fourth-order valence-electron chi connectivity index (χ4n) is 2.85. The van der Waals surface area contributed by atoms with E-state index in [2.05, 4.69) is 31.8 Å². The summed E-state index contributed by atoms with van der Waals surface area (Å²) >= 11 is 4.85. The van der Waals surface area contributed by atoms with Gasteiger partial charge in [0.15, 0.2) is 0 Å². The van der Waals surface area contributed by atoms with Gasteiger partial charge in [0.1, 0.15) is 12.4 Å². The lowest BCUT2D eigenvalue weighted by atomic mass is 10.2. The van der Waals surface area contributed by atoms with E-state index < -0.39 is 0 Å². The Balaban J connectivity index is 1.54. The summed E-state index contributed by atoms with van der Waals surface area (Å²) in [4.78, 5) is 29.9. The molecule has 2 amide bonds. The number of carbonyl (C=O) groups is 2. The number of aryl methyl sites for hydroxylation is 2. The number of rotatable bonds is 6. The van der Waals surface area contributed by atoms with E-state index in [4.69, 9.17) is 0 Å². The number of aromatic nitrogens is 2. The Kier molecular flexibility index (Phi) is 6.74. The van der Waals surface area contributed by atoms with Gasteiger partial charge in [-0.25, -0.2) is 4.98 Å². The van der Waals surface area contributed by atoms with Gasteiger partial charge in [-0.05, 0) is 42.8 Å². The van der Waals surface area contributed by atoms with Crippen LogP contribution in [-0.2, 0) is 22.6 Å². The fraction of sp³-hybridized carbons (Fsp3) is 0.250. The van der Waals surface area contributed by atoms with Gasteiger partial charge < -0.3 is 4.57 Å². The molecule has 0 aliphatic rings. The van der Waals surface area contributed by atoms with E-state index in [0.717, 1.165) is 38.2 Å². The molecule has 0 radical (unpaired) electrons. The Bertz CT molecular complexity index is 1020. The van der Waals surface area contributed by atoms with Crippen LogP contribution in [0.5, 0.6) is 0 Å². The molecule has 6 nitrogen and oxygen atoms in total. The van der Waals surface area contributed by atoms with Gasteiger partial charge in [0.25, 0.3) is 5.91 Å². The van der Waals surface area contributed by atoms with Crippen molar-refractivity contribution in [3.05, 3.63) is 58.3 Å². The molecule has 3 aromatic rings. The van der Waals surface area contributed by atoms with Crippen LogP contribution in [0.2, 0.25) is 0 Å². The van der Waals surface area contributed by atoms with Crippen molar-refractivity contribution in [2.24, 2.45) is 0 Å². The lowest BCUT2D eigenvalue weighted by Crippen LogP contribution is -2.44. The Labute approximate surface area is 176 Å². The first-order valence-electron chi connectivity index (χ1n) is 8.88. The third-order valence-electron chi connectivity index (χ3n) is 4.19. The zero-order valence-corrected chi connectivity index (χ0v) is 18.1. The quantitative estimate of drug-likeness (QED) is 0.435. The second-order valence-corrected chi connectivity index (χ2v) is 8.18. The molecule has 0 aliphatic heterocycles. The molecule has 0 spiro atoms. The zero-order valence-electron chi connectivity index (χ0n) is 15.7. The van der Waals surface area contributed by atoms with Crippen molar-refractivity contribution in [3.63, 3.8) is 0 Å². The summed E-state index contributed by atoms with van der Waals surface area (Å²) in [7, 11) is 0. The molecular formula is C20H21BrN4O2S. The highest BCUT2D eigenvalue weighted by Crippen LogP contribution is 2.25. The molecule has 28 heavy (non-hydrogen) atoms. The van der Waals surface area contributed by atoms with Gasteiger partial charge in [-0.3, -0.25) is 20.4 Å². The molecule has 3 rings (SSSR count). The van der Waals surface area contributed by atoms with Crippen molar-refractivity contribution in [3.8, 4) is 0 Å². The maximum absolute atomic E-state index is 12.3. The topological polar surface area (TPSA) is 76.0 Å². The number of amides is 2. The Morgan fingerprint density at radius 1 is 1.14 bits per heavy atom. The lowest BCUT2D eigenvalue weighted by molar-refractivity contribution is -0.128. The minimum absolute atomic E-state index is 0.100. The van der Waals surface area contributed by atoms with Crippen LogP contribution in [0.3, 0.4) is 0 Å². The number of halogens is 1. The molecule has 0 fully saturated rings. The number of para-hydroxylation sites is 2. The molecule has 0 bridgehead atoms. The van der Waals surface area contributed by atoms with E-state index in [9.17, 15) is 9.59 Å². The number of hydrogen-bond acceptors (Lipinski definition) is 4. The molecule has 2 aromatic carbocycles. The Hall–Kier alpha value is -2.32. The van der Waals surface area contributed by atoms with Crippen LogP contribution in [0.25, 0.3) is 11.0 Å². The maximum atomic E-state index is 12.3. The third-order valence-corrected chi connectivity index (χ3v) is 5.86. The fourth-order valence-corrected chi connectivity index (χ4v) is 4.13. The van der Waals surface area contributed by atoms with Crippen molar-refractivity contribution < 1.29 is 9.59 Å². The molecule has 2 N–H and O–H groups in total. The summed E-state index contributed by atoms with van der Waals surface area (Å²) in [5.41, 5.74) is 7.82. The first kappa shape index (κ1) is 20.4. The van der Waals surface area contributed by atoms with Gasteiger partial charge in [0, 0.05) is 15.8 Å². The van der Waals surface area contributed by atoms with Crippen LogP contribution in [-0.4, -0.2) is 27.1 Å². The first-order chi connectivity index (χ1) is 13.5. The van der Waals surface area contributed by atoms with Gasteiger partial charge in [-0.1, -0.05) is 35.0 Å². The summed E-state index contributed by atoms with van der Waals surface area (Å²) in [6, 6.07) is 13.6. The Morgan fingerprint density at radius 3 is 2.64 bits per heavy atom. The average Bonchev–Trinajstić information content (AvgIpc) is 3.03. The number of benzene rings is 2. The van der Waals surface area contributed by atoms with Gasteiger partial charge >= 0.3 is 0 Å². The number of hydrazine groups is 1.